The molecule has 22 heteroatoms. The van der Waals surface area contributed by atoms with Gasteiger partial charge in [0.25, 0.3) is 0 Å². The van der Waals surface area contributed by atoms with Crippen molar-refractivity contribution in [2.75, 3.05) is 25.6 Å². The molecule has 2 aliphatic heterocycles. The van der Waals surface area contributed by atoms with Crippen LogP contribution in [0.4, 0.5) is 5.82 Å². The average Bonchev–Trinajstić information content (AvgIpc) is 3.25. The molecule has 2 unspecified atom stereocenters. The Balaban J connectivity index is 1.91. The molecule has 0 aromatic carbocycles. The minimum Gasteiger partial charge on any atom is -0.462 e. The summed E-state index contributed by atoms with van der Waals surface area (Å²) in [5.41, 5.74) is 4.82. The number of nitrogens with two attached hydrogens (primary N) is 1. The van der Waals surface area contributed by atoms with Crippen molar-refractivity contribution in [2.24, 2.45) is 17.8 Å². The van der Waals surface area contributed by atoms with E-state index in [0.717, 1.165) is 55.6 Å². The molecule has 2 aliphatic rings. The molecule has 3 rings (SSSR count). The minimum atomic E-state index is -5.67. The number of phosphoric acid groups is 2. The molecule has 0 saturated heterocycles. The fourth-order valence-electron chi connectivity index (χ4n) is 7.35. The van der Waals surface area contributed by atoms with Crippen molar-refractivity contribution in [3.05, 3.63) is 59.2 Å². The number of hydrogen-bond acceptors (Lipinski definition) is 17. The summed E-state index contributed by atoms with van der Waals surface area (Å²) in [4.78, 5) is 77.6. The van der Waals surface area contributed by atoms with Crippen molar-refractivity contribution < 1.29 is 76.2 Å². The molecule has 2 bridgehead atoms. The van der Waals surface area contributed by atoms with E-state index in [2.05, 4.69) is 23.1 Å². The fraction of sp³-hybridized carbons (Fsp3) is 0.711. The largest absolute Gasteiger partial charge is 0.481 e. The maximum absolute atomic E-state index is 13.8. The molecule has 20 nitrogen and oxygen atoms in total. The van der Waals surface area contributed by atoms with E-state index < -0.39 is 107 Å². The molecule has 0 spiro atoms. The maximum atomic E-state index is 13.8. The first-order valence-corrected chi connectivity index (χ1v) is 26.4. The van der Waals surface area contributed by atoms with Crippen molar-refractivity contribution in [2.45, 2.75) is 167 Å². The molecule has 67 heavy (non-hydrogen) atoms. The molecule has 0 saturated carbocycles. The monoisotopic (exact) mass is 989 g/mol. The minimum absolute atomic E-state index is 0.00800. The lowest BCUT2D eigenvalue weighted by molar-refractivity contribution is -0.167. The molecule has 0 amide bonds. The number of phosphoric ester groups is 2. The third-order valence-electron chi connectivity index (χ3n) is 11.1. The fourth-order valence-corrected chi connectivity index (χ4v) is 9.46. The highest BCUT2D eigenvalue weighted by Crippen LogP contribution is 2.60. The Hall–Kier alpha value is -3.39. The van der Waals surface area contributed by atoms with Gasteiger partial charge in [0, 0.05) is 25.0 Å². The van der Waals surface area contributed by atoms with Gasteiger partial charge in [0.1, 0.15) is 30.9 Å². The first kappa shape index (κ1) is 57.9. The van der Waals surface area contributed by atoms with Crippen LogP contribution in [0.5, 0.6) is 0 Å². The summed E-state index contributed by atoms with van der Waals surface area (Å²) in [6, 6.07) is 1.28. The summed E-state index contributed by atoms with van der Waals surface area (Å²) in [5.74, 6) is -4.01. The number of nitrogens with zero attached hydrogens (tertiary/aromatic N) is 2. The number of hydrogen-bond donors (Lipinski definition) is 6. The molecule has 1 aromatic heterocycles. The van der Waals surface area contributed by atoms with Crippen LogP contribution in [-0.4, -0.2) is 103 Å². The number of ketones is 1. The lowest BCUT2D eigenvalue weighted by Gasteiger charge is -2.36. The molecule has 0 aliphatic carbocycles. The number of carbonyl (C=O) groups excluding carboxylic acids is 3. The Labute approximate surface area is 393 Å². The lowest BCUT2D eigenvalue weighted by atomic mass is 9.88. The predicted molar refractivity (Wildman–Crippen MR) is 247 cm³/mol. The van der Waals surface area contributed by atoms with Gasteiger partial charge < -0.3 is 45.1 Å². The van der Waals surface area contributed by atoms with E-state index in [0.29, 0.717) is 38.0 Å². The Morgan fingerprint density at radius 2 is 1.61 bits per heavy atom. The molecule has 1 aromatic rings. The van der Waals surface area contributed by atoms with Crippen molar-refractivity contribution in [3.8, 4) is 0 Å². The third-order valence-corrected chi connectivity index (χ3v) is 13.7. The molecule has 10 atom stereocenters. The first-order chi connectivity index (χ1) is 31.8. The summed E-state index contributed by atoms with van der Waals surface area (Å²) in [6.45, 7) is 3.72. The highest BCUT2D eigenvalue weighted by atomic mass is 31.3. The number of aliphatic hydroxyl groups excluding tert-OH is 3. The third kappa shape index (κ3) is 22.7. The van der Waals surface area contributed by atoms with Gasteiger partial charge >= 0.3 is 33.3 Å². The summed E-state index contributed by atoms with van der Waals surface area (Å²) >= 11 is 0. The van der Waals surface area contributed by atoms with Crippen molar-refractivity contribution in [1.82, 2.24) is 9.55 Å². The van der Waals surface area contributed by atoms with Crippen LogP contribution in [-0.2, 0) is 51.1 Å². The van der Waals surface area contributed by atoms with E-state index in [1.165, 1.54) is 43.3 Å². The van der Waals surface area contributed by atoms with Crippen LogP contribution in [0.2, 0.25) is 0 Å². The quantitative estimate of drug-likeness (QED) is 0.0407. The van der Waals surface area contributed by atoms with Gasteiger partial charge in [-0.1, -0.05) is 115 Å². The second kappa shape index (κ2) is 30.3. The normalized spacial score (nSPS) is 30.3. The van der Waals surface area contributed by atoms with Crippen LogP contribution in [0, 0.1) is 17.8 Å². The number of aliphatic hydroxyl groups is 3. The summed E-state index contributed by atoms with van der Waals surface area (Å²) < 4.78 is 58.9. The van der Waals surface area contributed by atoms with E-state index in [1.54, 1.807) is 12.2 Å². The number of cyclic esters (lactones) is 1. The van der Waals surface area contributed by atoms with Gasteiger partial charge in [0.05, 0.1) is 31.3 Å². The van der Waals surface area contributed by atoms with E-state index >= 15 is 0 Å². The van der Waals surface area contributed by atoms with Crippen molar-refractivity contribution in [1.29, 1.82) is 0 Å². The van der Waals surface area contributed by atoms with Crippen LogP contribution < -0.4 is 11.4 Å². The lowest BCUT2D eigenvalue weighted by Crippen LogP contribution is -2.49. The average molecular weight is 990 g/mol. The predicted octanol–water partition coefficient (Wildman–Crippen LogP) is 6.30. The Bertz CT molecular complexity index is 1930. The van der Waals surface area contributed by atoms with E-state index in [1.807, 2.05) is 6.92 Å². The van der Waals surface area contributed by atoms with Gasteiger partial charge in [-0.15, -0.1) is 0 Å². The van der Waals surface area contributed by atoms with Crippen LogP contribution in [0.3, 0.4) is 0 Å². The van der Waals surface area contributed by atoms with Crippen LogP contribution in [0.25, 0.3) is 0 Å². The standard InChI is InChI=1S/C45H73N3O17P2/c1-4-5-13-20-34(49)24-25-36-37(50)26-23-33-19-15-11-12-16-21-40(51)60-29-35(63-41(52)22-17-10-8-6-7-9-14-18-32(2)3)30-61-66(56,57)65-67(58,59)62-31-38(43(54)42(36)53)64-44(33)48-28-27-39(46)47-45(48)55/h11,15,23-28,32-36,38,42-44,49,53-54H,4-10,12-14,16-22,29-31H2,1-3H3,(H,56,57)(H,58,59)(H2,46,47,55)/b15-11-,25-24?,26-23-/t33-,34-,35+,36-,38+,42-,43+,44+/m0/s1. The SMILES string of the molecule is CCCCC[C@H](O)C=C[C@H]1C(=O)/C=C\[C@@H]2C/C=C\CCCC(=O)OC[C@@H](OC(=O)CCCCCCCCCC(C)C)COP(=O)(O)OP(=O)(O)OC[C@@H](O[C@H]2n2ccc(N)nc2=O)[C@@H](O)[C@H]1O. The van der Waals surface area contributed by atoms with Gasteiger partial charge in [-0.25, -0.2) is 13.9 Å². The number of rotatable bonds is 18. The Morgan fingerprint density at radius 3 is 2.30 bits per heavy atom. The van der Waals surface area contributed by atoms with Crippen molar-refractivity contribution in [3.63, 3.8) is 0 Å². The molecular formula is C45H73N3O17P2. The number of unbranched alkanes of at least 4 members (excludes halogenated alkanes) is 8. The number of allylic oxidation sites excluding steroid dienone is 3. The molecule has 3 heterocycles. The van der Waals surface area contributed by atoms with Gasteiger partial charge in [-0.3, -0.25) is 28.0 Å². The van der Waals surface area contributed by atoms with Crippen molar-refractivity contribution >= 4 is 39.2 Å². The number of nitrogen functional groups attached to an aromatic ring is 1. The molecule has 7 N–H and O–H groups in total. The first-order valence-electron chi connectivity index (χ1n) is 23.4. The second-order valence-corrected chi connectivity index (χ2v) is 20.4. The number of carbonyl (C=O) groups is 3. The van der Waals surface area contributed by atoms with Crippen LogP contribution in [0.15, 0.2) is 53.5 Å². The molecule has 380 valence electrons. The number of anilines is 1. The summed E-state index contributed by atoms with van der Waals surface area (Å²) in [5, 5.41) is 33.8. The smallest absolute Gasteiger partial charge is 0.462 e. The second-order valence-electron chi connectivity index (χ2n) is 17.4. The number of esters is 2. The summed E-state index contributed by atoms with van der Waals surface area (Å²) in [7, 11) is -11.2. The Kier molecular flexibility index (Phi) is 26.2. The van der Waals surface area contributed by atoms with Gasteiger partial charge in [0.2, 0.25) is 0 Å². The summed E-state index contributed by atoms with van der Waals surface area (Å²) in [6.07, 6.45) is 11.1. The van der Waals surface area contributed by atoms with E-state index in [-0.39, 0.29) is 25.1 Å². The zero-order chi connectivity index (χ0) is 49.4. The van der Waals surface area contributed by atoms with Gasteiger partial charge in [-0.05, 0) is 50.2 Å². The van der Waals surface area contributed by atoms with Gasteiger partial charge in [-0.2, -0.15) is 9.29 Å². The van der Waals surface area contributed by atoms with Gasteiger partial charge in [0.15, 0.2) is 11.9 Å². The highest BCUT2D eigenvalue weighted by molar-refractivity contribution is 7.61. The van der Waals surface area contributed by atoms with Crippen LogP contribution in [0.1, 0.15) is 136 Å². The maximum Gasteiger partial charge on any atom is 0.481 e. The zero-order valence-electron chi connectivity index (χ0n) is 39.0. The topological polar surface area (TPSA) is 303 Å². The number of fused-ring (bicyclic) bond motifs is 3. The molecular weight excluding hydrogens is 916 g/mol. The molecule has 0 radical (unpaired) electrons. The highest BCUT2D eigenvalue weighted by Gasteiger charge is 2.42. The number of ether oxygens (including phenoxy) is 3. The Morgan fingerprint density at radius 1 is 0.940 bits per heavy atom. The van der Waals surface area contributed by atoms with E-state index in [9.17, 15) is 53.4 Å². The zero-order valence-corrected chi connectivity index (χ0v) is 40.7. The molecule has 0 fully saturated rings. The van der Waals surface area contributed by atoms with Crippen LogP contribution >= 0.6 is 15.6 Å². The number of aromatic nitrogens is 2. The van der Waals surface area contributed by atoms with E-state index in [4.69, 9.17) is 29.0 Å².